The minimum atomic E-state index is -0.211. The molecule has 98 valence electrons. The summed E-state index contributed by atoms with van der Waals surface area (Å²) >= 11 is 0. The van der Waals surface area contributed by atoms with Gasteiger partial charge in [-0.2, -0.15) is 0 Å². The van der Waals surface area contributed by atoms with Crippen molar-refractivity contribution in [3.8, 4) is 0 Å². The van der Waals surface area contributed by atoms with E-state index in [1.54, 1.807) is 6.92 Å². The van der Waals surface area contributed by atoms with E-state index in [4.69, 9.17) is 5.11 Å². The van der Waals surface area contributed by atoms with Crippen molar-refractivity contribution < 1.29 is 9.90 Å². The van der Waals surface area contributed by atoms with E-state index in [1.807, 2.05) is 18.2 Å². The molecule has 0 radical (unpaired) electrons. The third kappa shape index (κ3) is 3.01. The fraction of sp³-hybridized carbons (Fsp3) is 0.500. The smallest absolute Gasteiger partial charge is 0.315 e. The summed E-state index contributed by atoms with van der Waals surface area (Å²) in [6.45, 7) is 2.38. The van der Waals surface area contributed by atoms with Crippen molar-refractivity contribution in [1.82, 2.24) is 10.6 Å². The molecule has 1 saturated carbocycles. The van der Waals surface area contributed by atoms with Gasteiger partial charge in [0.25, 0.3) is 0 Å². The van der Waals surface area contributed by atoms with Crippen LogP contribution in [0.2, 0.25) is 0 Å². The van der Waals surface area contributed by atoms with Crippen molar-refractivity contribution in [1.29, 1.82) is 0 Å². The summed E-state index contributed by atoms with van der Waals surface area (Å²) in [7, 11) is 0. The van der Waals surface area contributed by atoms with Gasteiger partial charge in [0.05, 0.1) is 12.6 Å². The van der Waals surface area contributed by atoms with Crippen molar-refractivity contribution in [2.45, 2.75) is 31.2 Å². The number of aliphatic hydroxyl groups is 1. The van der Waals surface area contributed by atoms with E-state index in [0.717, 1.165) is 12.8 Å². The molecule has 1 aromatic carbocycles. The predicted octanol–water partition coefficient (Wildman–Crippen LogP) is 1.40. The molecule has 0 spiro atoms. The molecule has 3 N–H and O–H groups in total. The van der Waals surface area contributed by atoms with Gasteiger partial charge in [0.1, 0.15) is 0 Å². The highest BCUT2D eigenvalue weighted by Gasteiger charge is 2.44. The maximum Gasteiger partial charge on any atom is 0.315 e. The fourth-order valence-electron chi connectivity index (χ4n) is 2.08. The molecule has 1 aliphatic carbocycles. The maximum atomic E-state index is 11.6. The average molecular weight is 248 g/mol. The Bertz CT molecular complexity index is 402. The third-order valence-corrected chi connectivity index (χ3v) is 3.48. The summed E-state index contributed by atoms with van der Waals surface area (Å²) in [5.74, 6) is 0. The fourth-order valence-corrected chi connectivity index (χ4v) is 2.08. The Morgan fingerprint density at radius 3 is 2.61 bits per heavy atom. The van der Waals surface area contributed by atoms with Crippen LogP contribution in [0.25, 0.3) is 0 Å². The predicted molar refractivity (Wildman–Crippen MR) is 70.4 cm³/mol. The molecule has 0 aliphatic heterocycles. The van der Waals surface area contributed by atoms with Gasteiger partial charge in [0.2, 0.25) is 0 Å². The topological polar surface area (TPSA) is 61.4 Å². The van der Waals surface area contributed by atoms with Crippen LogP contribution >= 0.6 is 0 Å². The summed E-state index contributed by atoms with van der Waals surface area (Å²) in [5, 5.41) is 14.4. The lowest BCUT2D eigenvalue weighted by Crippen LogP contribution is -2.44. The second kappa shape index (κ2) is 5.40. The first-order valence-corrected chi connectivity index (χ1v) is 6.37. The third-order valence-electron chi connectivity index (χ3n) is 3.48. The first-order chi connectivity index (χ1) is 8.66. The van der Waals surface area contributed by atoms with Gasteiger partial charge < -0.3 is 15.7 Å². The SMILES string of the molecule is CC(CO)NC(=O)NCC1(c2ccccc2)CC1. The molecule has 1 aliphatic rings. The van der Waals surface area contributed by atoms with Gasteiger partial charge in [-0.25, -0.2) is 4.79 Å². The number of benzene rings is 1. The number of hydrogen-bond acceptors (Lipinski definition) is 2. The van der Waals surface area contributed by atoms with Gasteiger partial charge in [-0.1, -0.05) is 30.3 Å². The van der Waals surface area contributed by atoms with Crippen LogP contribution in [0.5, 0.6) is 0 Å². The summed E-state index contributed by atoms with van der Waals surface area (Å²) in [5.41, 5.74) is 1.42. The van der Waals surface area contributed by atoms with Crippen LogP contribution in [0.1, 0.15) is 25.3 Å². The van der Waals surface area contributed by atoms with Crippen molar-refractivity contribution >= 4 is 6.03 Å². The van der Waals surface area contributed by atoms with Gasteiger partial charge in [-0.15, -0.1) is 0 Å². The Hall–Kier alpha value is -1.55. The molecule has 1 fully saturated rings. The Balaban J connectivity index is 1.85. The Labute approximate surface area is 107 Å². The molecule has 1 unspecified atom stereocenters. The minimum Gasteiger partial charge on any atom is -0.394 e. The van der Waals surface area contributed by atoms with Crippen LogP contribution in [0.15, 0.2) is 30.3 Å². The average Bonchev–Trinajstić information content (AvgIpc) is 3.18. The molecular weight excluding hydrogens is 228 g/mol. The second-order valence-corrected chi connectivity index (χ2v) is 5.06. The van der Waals surface area contributed by atoms with E-state index in [2.05, 4.69) is 22.8 Å². The minimum absolute atomic E-state index is 0.0444. The first kappa shape index (κ1) is 12.9. The number of amides is 2. The maximum absolute atomic E-state index is 11.6. The molecule has 1 aromatic rings. The number of nitrogens with one attached hydrogen (secondary N) is 2. The van der Waals surface area contributed by atoms with Crippen LogP contribution < -0.4 is 10.6 Å². The summed E-state index contributed by atoms with van der Waals surface area (Å²) < 4.78 is 0. The summed E-state index contributed by atoms with van der Waals surface area (Å²) in [6.07, 6.45) is 2.24. The Kier molecular flexibility index (Phi) is 3.87. The van der Waals surface area contributed by atoms with Gasteiger partial charge in [-0.05, 0) is 25.3 Å². The first-order valence-electron chi connectivity index (χ1n) is 6.37. The zero-order valence-corrected chi connectivity index (χ0v) is 10.6. The number of aliphatic hydroxyl groups excluding tert-OH is 1. The van der Waals surface area contributed by atoms with E-state index < -0.39 is 0 Å². The molecule has 4 heteroatoms. The highest BCUT2D eigenvalue weighted by atomic mass is 16.3. The zero-order valence-electron chi connectivity index (χ0n) is 10.6. The quantitative estimate of drug-likeness (QED) is 0.737. The van der Waals surface area contributed by atoms with Crippen LogP contribution in [-0.2, 0) is 5.41 Å². The van der Waals surface area contributed by atoms with E-state index in [0.29, 0.717) is 6.54 Å². The van der Waals surface area contributed by atoms with Crippen LogP contribution in [0.4, 0.5) is 4.79 Å². The Morgan fingerprint density at radius 1 is 1.39 bits per heavy atom. The lowest BCUT2D eigenvalue weighted by atomic mass is 9.96. The molecule has 0 aromatic heterocycles. The van der Waals surface area contributed by atoms with Gasteiger partial charge in [-0.3, -0.25) is 0 Å². The number of hydrogen-bond donors (Lipinski definition) is 3. The summed E-state index contributed by atoms with van der Waals surface area (Å²) in [6, 6.07) is 9.87. The van der Waals surface area contributed by atoms with Crippen LogP contribution in [0, 0.1) is 0 Å². The highest BCUT2D eigenvalue weighted by molar-refractivity contribution is 5.74. The van der Waals surface area contributed by atoms with Crippen molar-refractivity contribution in [2.75, 3.05) is 13.2 Å². The standard InChI is InChI=1S/C14H20N2O2/c1-11(9-17)16-13(18)15-10-14(7-8-14)12-5-3-2-4-6-12/h2-6,11,17H,7-10H2,1H3,(H2,15,16,18). The number of rotatable bonds is 5. The highest BCUT2D eigenvalue weighted by Crippen LogP contribution is 2.47. The molecule has 0 heterocycles. The number of carbonyl (C=O) groups is 1. The molecule has 0 bridgehead atoms. The van der Waals surface area contributed by atoms with Gasteiger partial charge in [0, 0.05) is 12.0 Å². The molecule has 4 nitrogen and oxygen atoms in total. The molecule has 18 heavy (non-hydrogen) atoms. The molecule has 2 amide bonds. The normalized spacial score (nSPS) is 17.9. The van der Waals surface area contributed by atoms with E-state index in [-0.39, 0.29) is 24.1 Å². The molecule has 1 atom stereocenters. The van der Waals surface area contributed by atoms with Crippen LogP contribution in [-0.4, -0.2) is 30.3 Å². The monoisotopic (exact) mass is 248 g/mol. The summed E-state index contributed by atoms with van der Waals surface area (Å²) in [4.78, 5) is 11.6. The van der Waals surface area contributed by atoms with Crippen molar-refractivity contribution in [3.05, 3.63) is 35.9 Å². The number of carbonyl (C=O) groups excluding carboxylic acids is 1. The molecular formula is C14H20N2O2. The van der Waals surface area contributed by atoms with Gasteiger partial charge in [0.15, 0.2) is 0 Å². The van der Waals surface area contributed by atoms with E-state index >= 15 is 0 Å². The molecule has 2 rings (SSSR count). The van der Waals surface area contributed by atoms with E-state index in [9.17, 15) is 4.79 Å². The van der Waals surface area contributed by atoms with E-state index in [1.165, 1.54) is 5.56 Å². The van der Waals surface area contributed by atoms with Gasteiger partial charge >= 0.3 is 6.03 Å². The molecule has 0 saturated heterocycles. The van der Waals surface area contributed by atoms with Crippen LogP contribution in [0.3, 0.4) is 0 Å². The lowest BCUT2D eigenvalue weighted by Gasteiger charge is -2.18. The Morgan fingerprint density at radius 2 is 2.06 bits per heavy atom. The van der Waals surface area contributed by atoms with Crippen molar-refractivity contribution in [3.63, 3.8) is 0 Å². The largest absolute Gasteiger partial charge is 0.394 e. The zero-order chi connectivity index (χ0) is 13.0. The second-order valence-electron chi connectivity index (χ2n) is 5.06. The lowest BCUT2D eigenvalue weighted by molar-refractivity contribution is 0.220. The van der Waals surface area contributed by atoms with Crippen molar-refractivity contribution in [2.24, 2.45) is 0 Å². The number of urea groups is 1.